The van der Waals surface area contributed by atoms with Gasteiger partial charge < -0.3 is 9.64 Å². The molecule has 2 amide bonds. The molecule has 0 radical (unpaired) electrons. The first-order valence-electron chi connectivity index (χ1n) is 11.3. The Balaban J connectivity index is 1.59. The van der Waals surface area contributed by atoms with Crippen molar-refractivity contribution in [3.05, 3.63) is 65.9 Å². The Labute approximate surface area is 194 Å². The predicted molar refractivity (Wildman–Crippen MR) is 128 cm³/mol. The van der Waals surface area contributed by atoms with E-state index in [4.69, 9.17) is 9.72 Å². The van der Waals surface area contributed by atoms with Gasteiger partial charge in [-0.15, -0.1) is 0 Å². The first-order valence-corrected chi connectivity index (χ1v) is 11.3. The number of amides is 2. The van der Waals surface area contributed by atoms with Crippen molar-refractivity contribution in [3.8, 4) is 16.9 Å². The summed E-state index contributed by atoms with van der Waals surface area (Å²) >= 11 is 0. The molecule has 4 rings (SSSR count). The molecule has 0 unspecified atom stereocenters. The lowest BCUT2D eigenvalue weighted by Gasteiger charge is -2.21. The zero-order chi connectivity index (χ0) is 23.4. The number of imidazole rings is 1. The highest BCUT2D eigenvalue weighted by atomic mass is 16.5. The van der Waals surface area contributed by atoms with E-state index in [9.17, 15) is 9.59 Å². The van der Waals surface area contributed by atoms with Crippen molar-refractivity contribution in [1.82, 2.24) is 14.5 Å². The molecule has 33 heavy (non-hydrogen) atoms. The van der Waals surface area contributed by atoms with Crippen molar-refractivity contribution < 1.29 is 14.3 Å². The van der Waals surface area contributed by atoms with Gasteiger partial charge in [-0.3, -0.25) is 19.5 Å². The van der Waals surface area contributed by atoms with Crippen molar-refractivity contribution in [3.63, 3.8) is 0 Å². The lowest BCUT2D eigenvalue weighted by atomic mass is 10.1. The highest BCUT2D eigenvalue weighted by Crippen LogP contribution is 2.31. The van der Waals surface area contributed by atoms with Gasteiger partial charge in [0.2, 0.25) is 17.8 Å². The van der Waals surface area contributed by atoms with Crippen LogP contribution in [-0.2, 0) is 14.3 Å². The van der Waals surface area contributed by atoms with Crippen LogP contribution in [0.2, 0.25) is 0 Å². The van der Waals surface area contributed by atoms with Crippen molar-refractivity contribution in [2.24, 2.45) is 5.92 Å². The van der Waals surface area contributed by atoms with Crippen LogP contribution in [0, 0.1) is 19.8 Å². The van der Waals surface area contributed by atoms with E-state index < -0.39 is 0 Å². The summed E-state index contributed by atoms with van der Waals surface area (Å²) < 4.78 is 7.00. The molecule has 1 fully saturated rings. The molecule has 1 saturated carbocycles. The fourth-order valence-corrected chi connectivity index (χ4v) is 3.63. The van der Waals surface area contributed by atoms with Gasteiger partial charge in [-0.25, -0.2) is 4.98 Å². The number of nitrogens with zero attached hydrogens (tertiary/aromatic N) is 3. The first kappa shape index (κ1) is 22.7. The number of hydrogen-bond donors (Lipinski definition) is 1. The molecule has 0 spiro atoms. The first-order chi connectivity index (χ1) is 15.9. The average molecular weight is 447 g/mol. The second-order valence-electron chi connectivity index (χ2n) is 8.60. The summed E-state index contributed by atoms with van der Waals surface area (Å²) in [4.78, 5) is 31.9. The van der Waals surface area contributed by atoms with E-state index in [2.05, 4.69) is 5.32 Å². The summed E-state index contributed by atoms with van der Waals surface area (Å²) in [5.74, 6) is 0.196. The number of anilines is 1. The van der Waals surface area contributed by atoms with E-state index in [1.54, 1.807) is 12.0 Å². The number of benzene rings is 2. The molecular weight excluding hydrogens is 416 g/mol. The van der Waals surface area contributed by atoms with E-state index in [0.29, 0.717) is 19.1 Å². The van der Waals surface area contributed by atoms with Crippen molar-refractivity contribution >= 4 is 17.8 Å². The topological polar surface area (TPSA) is 76.5 Å². The summed E-state index contributed by atoms with van der Waals surface area (Å²) in [7, 11) is 1.59. The Morgan fingerprint density at radius 2 is 1.70 bits per heavy atom. The predicted octanol–water partition coefficient (Wildman–Crippen LogP) is 3.98. The third kappa shape index (κ3) is 5.68. The van der Waals surface area contributed by atoms with E-state index in [1.807, 2.05) is 73.1 Å². The van der Waals surface area contributed by atoms with E-state index >= 15 is 0 Å². The summed E-state index contributed by atoms with van der Waals surface area (Å²) in [6.07, 6.45) is 3.70. The second-order valence-corrected chi connectivity index (χ2v) is 8.60. The number of aryl methyl sites for hydroxylation is 2. The standard InChI is InChI=1S/C26H30N4O3/c1-18-4-8-20(9-5-18)23-16-30(22-12-6-19(2)7-13-22)26(27-23)28-24(31)17-29(14-15-33-3)25(32)21-10-11-21/h4-9,12-13,16,21H,10-11,14-15,17H2,1-3H3,(H,27,28,31). The SMILES string of the molecule is COCCN(CC(=O)Nc1nc(-c2ccc(C)cc2)cn1-c1ccc(C)cc1)C(=O)C1CC1. The van der Waals surface area contributed by atoms with Gasteiger partial charge in [-0.2, -0.15) is 0 Å². The molecule has 1 aromatic heterocycles. The molecule has 3 aromatic rings. The smallest absolute Gasteiger partial charge is 0.246 e. The third-order valence-electron chi connectivity index (χ3n) is 5.75. The normalized spacial score (nSPS) is 13.1. The molecule has 1 aliphatic rings. The number of rotatable bonds is 9. The molecule has 7 nitrogen and oxygen atoms in total. The Hall–Kier alpha value is -3.45. The summed E-state index contributed by atoms with van der Waals surface area (Å²) in [6, 6.07) is 16.1. The molecule has 0 aliphatic heterocycles. The highest BCUT2D eigenvalue weighted by Gasteiger charge is 2.34. The molecular formula is C26H30N4O3. The van der Waals surface area contributed by atoms with Crippen LogP contribution in [0.3, 0.4) is 0 Å². The Kier molecular flexibility index (Phi) is 6.89. The summed E-state index contributed by atoms with van der Waals surface area (Å²) in [6.45, 7) is 4.82. The Bertz CT molecular complexity index is 1120. The Morgan fingerprint density at radius 3 is 2.30 bits per heavy atom. The molecule has 0 atom stereocenters. The quantitative estimate of drug-likeness (QED) is 0.539. The average Bonchev–Trinajstić information content (AvgIpc) is 3.58. The van der Waals surface area contributed by atoms with Crippen LogP contribution in [0.4, 0.5) is 5.95 Å². The number of carbonyl (C=O) groups is 2. The maximum absolute atomic E-state index is 13.0. The second kappa shape index (κ2) is 10.0. The Morgan fingerprint density at radius 1 is 1.06 bits per heavy atom. The van der Waals surface area contributed by atoms with E-state index in [1.165, 1.54) is 5.56 Å². The molecule has 1 heterocycles. The minimum Gasteiger partial charge on any atom is -0.383 e. The van der Waals surface area contributed by atoms with Gasteiger partial charge in [0.05, 0.1) is 12.3 Å². The zero-order valence-corrected chi connectivity index (χ0v) is 19.4. The van der Waals surface area contributed by atoms with E-state index in [-0.39, 0.29) is 24.3 Å². The third-order valence-corrected chi connectivity index (χ3v) is 5.75. The van der Waals surface area contributed by atoms with Gasteiger partial charge >= 0.3 is 0 Å². The van der Waals surface area contributed by atoms with Crippen LogP contribution in [0.1, 0.15) is 24.0 Å². The minimum absolute atomic E-state index is 0.0180. The lowest BCUT2D eigenvalue weighted by molar-refractivity contribution is -0.136. The molecule has 2 aromatic carbocycles. The molecule has 1 N–H and O–H groups in total. The zero-order valence-electron chi connectivity index (χ0n) is 19.4. The van der Waals surface area contributed by atoms with Crippen LogP contribution in [-0.4, -0.2) is 53.1 Å². The van der Waals surface area contributed by atoms with Crippen LogP contribution in [0.5, 0.6) is 0 Å². The van der Waals surface area contributed by atoms with E-state index in [0.717, 1.165) is 35.3 Å². The molecule has 0 saturated heterocycles. The summed E-state index contributed by atoms with van der Waals surface area (Å²) in [5.41, 5.74) is 4.94. The highest BCUT2D eigenvalue weighted by molar-refractivity contribution is 5.94. The number of aromatic nitrogens is 2. The maximum atomic E-state index is 13.0. The molecule has 7 heteroatoms. The lowest BCUT2D eigenvalue weighted by Crippen LogP contribution is -2.41. The van der Waals surface area contributed by atoms with Gasteiger partial charge in [0.15, 0.2) is 0 Å². The number of hydrogen-bond acceptors (Lipinski definition) is 4. The maximum Gasteiger partial charge on any atom is 0.246 e. The minimum atomic E-state index is -0.283. The molecule has 0 bridgehead atoms. The van der Waals surface area contributed by atoms with Gasteiger partial charge in [-0.1, -0.05) is 47.5 Å². The molecule has 172 valence electrons. The van der Waals surface area contributed by atoms with Gasteiger partial charge in [-0.05, 0) is 38.8 Å². The fourth-order valence-electron chi connectivity index (χ4n) is 3.63. The van der Waals surface area contributed by atoms with Gasteiger partial charge in [0, 0.05) is 37.0 Å². The van der Waals surface area contributed by atoms with Gasteiger partial charge in [0.1, 0.15) is 6.54 Å². The monoisotopic (exact) mass is 446 g/mol. The summed E-state index contributed by atoms with van der Waals surface area (Å²) in [5, 5.41) is 2.92. The van der Waals surface area contributed by atoms with Crippen molar-refractivity contribution in [1.29, 1.82) is 0 Å². The van der Waals surface area contributed by atoms with Crippen LogP contribution < -0.4 is 5.32 Å². The van der Waals surface area contributed by atoms with Crippen molar-refractivity contribution in [2.75, 3.05) is 32.1 Å². The van der Waals surface area contributed by atoms with Gasteiger partial charge in [0.25, 0.3) is 0 Å². The molecule has 1 aliphatic carbocycles. The number of ether oxygens (including phenoxy) is 1. The van der Waals surface area contributed by atoms with Crippen LogP contribution in [0.15, 0.2) is 54.7 Å². The van der Waals surface area contributed by atoms with Crippen molar-refractivity contribution in [2.45, 2.75) is 26.7 Å². The van der Waals surface area contributed by atoms with Crippen LogP contribution >= 0.6 is 0 Å². The van der Waals surface area contributed by atoms with Crippen LogP contribution in [0.25, 0.3) is 16.9 Å². The fraction of sp³-hybridized carbons (Fsp3) is 0.346. The number of nitrogens with one attached hydrogen (secondary N) is 1. The number of carbonyl (C=O) groups excluding carboxylic acids is 2. The number of methoxy groups -OCH3 is 1. The largest absolute Gasteiger partial charge is 0.383 e.